The van der Waals surface area contributed by atoms with Crippen molar-refractivity contribution in [2.24, 2.45) is 5.92 Å². The van der Waals surface area contributed by atoms with Crippen LogP contribution in [0.3, 0.4) is 0 Å². The van der Waals surface area contributed by atoms with E-state index in [0.717, 1.165) is 47.9 Å². The molecule has 0 aromatic heterocycles. The van der Waals surface area contributed by atoms with Gasteiger partial charge in [0.05, 0.1) is 6.61 Å². The first-order valence-corrected chi connectivity index (χ1v) is 14.5. The molecule has 3 aromatic carbocycles. The number of anilines is 1. The van der Waals surface area contributed by atoms with Crippen LogP contribution in [0.25, 0.3) is 10.8 Å². The zero-order valence-electron chi connectivity index (χ0n) is 22.6. The van der Waals surface area contributed by atoms with Crippen molar-refractivity contribution < 1.29 is 14.3 Å². The molecular formula is C33H40N2O3. The average molecular weight is 513 g/mol. The Hall–Kier alpha value is -3.34. The number of rotatable bonds is 9. The van der Waals surface area contributed by atoms with Crippen LogP contribution >= 0.6 is 0 Å². The molecule has 2 fully saturated rings. The van der Waals surface area contributed by atoms with Crippen LogP contribution in [0.4, 0.5) is 5.69 Å². The molecule has 1 N–H and O–H groups in total. The van der Waals surface area contributed by atoms with Crippen molar-refractivity contribution in [3.05, 3.63) is 71.8 Å². The lowest BCUT2D eigenvalue weighted by molar-refractivity contribution is 0.0392. The summed E-state index contributed by atoms with van der Waals surface area (Å²) in [6, 6.07) is 19.3. The summed E-state index contributed by atoms with van der Waals surface area (Å²) in [5, 5.41) is 4.85. The van der Waals surface area contributed by atoms with E-state index in [-0.39, 0.29) is 11.8 Å². The number of amides is 2. The lowest BCUT2D eigenvalue weighted by Crippen LogP contribution is -2.49. The van der Waals surface area contributed by atoms with Crippen molar-refractivity contribution in [1.82, 2.24) is 4.90 Å². The van der Waals surface area contributed by atoms with E-state index in [1.54, 1.807) is 12.1 Å². The number of hydrogen-bond acceptors (Lipinski definition) is 3. The van der Waals surface area contributed by atoms with Crippen molar-refractivity contribution in [1.29, 1.82) is 0 Å². The largest absolute Gasteiger partial charge is 0.494 e. The summed E-state index contributed by atoms with van der Waals surface area (Å²) >= 11 is 0. The number of piperidine rings is 1. The molecule has 5 nitrogen and oxygen atoms in total. The van der Waals surface area contributed by atoms with E-state index in [1.807, 2.05) is 48.5 Å². The quantitative estimate of drug-likeness (QED) is 0.297. The summed E-state index contributed by atoms with van der Waals surface area (Å²) in [5.41, 5.74) is 2.02. The standard InChI is InChI=1S/C33H40N2O3/c1-2-3-4-9-23-38-26-18-16-25(17-19-26)32(36)34-30-21-20-29(27-13-6-7-14-28(27)30)33(37)35-22-10-12-24-11-5-8-15-31(24)35/h6-7,13-14,16-21,24,31H,2-5,8-12,15,22-23H2,1H3,(H,34,36). The van der Waals surface area contributed by atoms with Gasteiger partial charge in [0.2, 0.25) is 0 Å². The van der Waals surface area contributed by atoms with Gasteiger partial charge in [-0.05, 0) is 79.8 Å². The molecule has 0 spiro atoms. The Balaban J connectivity index is 1.30. The average Bonchev–Trinajstić information content (AvgIpc) is 2.97. The maximum atomic E-state index is 13.8. The van der Waals surface area contributed by atoms with E-state index in [4.69, 9.17) is 4.74 Å². The Morgan fingerprint density at radius 3 is 2.45 bits per heavy atom. The first kappa shape index (κ1) is 26.3. The summed E-state index contributed by atoms with van der Waals surface area (Å²) in [6.07, 6.45) is 11.8. The topological polar surface area (TPSA) is 58.6 Å². The lowest BCUT2D eigenvalue weighted by atomic mass is 9.78. The Morgan fingerprint density at radius 2 is 1.63 bits per heavy atom. The van der Waals surface area contributed by atoms with Gasteiger partial charge in [0, 0.05) is 34.8 Å². The molecule has 1 saturated carbocycles. The second kappa shape index (κ2) is 12.5. The molecule has 1 heterocycles. The molecule has 2 aliphatic rings. The highest BCUT2D eigenvalue weighted by Crippen LogP contribution is 2.37. The van der Waals surface area contributed by atoms with Gasteiger partial charge in [-0.25, -0.2) is 0 Å². The third-order valence-electron chi connectivity index (χ3n) is 8.29. The molecule has 5 rings (SSSR count). The highest BCUT2D eigenvalue weighted by molar-refractivity contribution is 6.14. The number of nitrogens with zero attached hydrogens (tertiary/aromatic N) is 1. The maximum Gasteiger partial charge on any atom is 0.255 e. The summed E-state index contributed by atoms with van der Waals surface area (Å²) in [6.45, 7) is 3.73. The van der Waals surface area contributed by atoms with Crippen LogP contribution in [0, 0.1) is 5.92 Å². The van der Waals surface area contributed by atoms with E-state index < -0.39 is 0 Å². The third kappa shape index (κ3) is 5.87. The first-order chi connectivity index (χ1) is 18.7. The molecule has 38 heavy (non-hydrogen) atoms. The molecule has 2 atom stereocenters. The minimum absolute atomic E-state index is 0.126. The SMILES string of the molecule is CCCCCCOc1ccc(C(=O)Nc2ccc(C(=O)N3CCCC4CCCCC43)c3ccccc23)cc1. The van der Waals surface area contributed by atoms with Gasteiger partial charge >= 0.3 is 0 Å². The number of nitrogens with one attached hydrogen (secondary N) is 1. The number of benzene rings is 3. The number of unbranched alkanes of at least 4 members (excludes halogenated alkanes) is 3. The van der Waals surface area contributed by atoms with Gasteiger partial charge in [-0.15, -0.1) is 0 Å². The van der Waals surface area contributed by atoms with Gasteiger partial charge in [-0.3, -0.25) is 9.59 Å². The van der Waals surface area contributed by atoms with E-state index in [9.17, 15) is 9.59 Å². The highest BCUT2D eigenvalue weighted by Gasteiger charge is 2.36. The molecule has 200 valence electrons. The van der Waals surface area contributed by atoms with E-state index in [1.165, 1.54) is 44.9 Å². The monoisotopic (exact) mass is 512 g/mol. The second-order valence-corrected chi connectivity index (χ2v) is 10.8. The third-order valence-corrected chi connectivity index (χ3v) is 8.29. The molecule has 2 amide bonds. The van der Waals surface area contributed by atoms with Crippen LogP contribution in [-0.4, -0.2) is 35.9 Å². The smallest absolute Gasteiger partial charge is 0.255 e. The number of ether oxygens (including phenoxy) is 1. The molecule has 0 radical (unpaired) electrons. The fraction of sp³-hybridized carbons (Fsp3) is 0.455. The molecule has 1 aliphatic carbocycles. The van der Waals surface area contributed by atoms with Crippen LogP contribution in [-0.2, 0) is 0 Å². The number of carbonyl (C=O) groups is 2. The van der Waals surface area contributed by atoms with Gasteiger partial charge < -0.3 is 15.0 Å². The normalized spacial score (nSPS) is 19.1. The van der Waals surface area contributed by atoms with Crippen molar-refractivity contribution >= 4 is 28.3 Å². The molecular weight excluding hydrogens is 472 g/mol. The lowest BCUT2D eigenvalue weighted by Gasteiger charge is -2.44. The van der Waals surface area contributed by atoms with Crippen molar-refractivity contribution in [2.75, 3.05) is 18.5 Å². The van der Waals surface area contributed by atoms with Gasteiger partial charge in [0.25, 0.3) is 11.8 Å². The summed E-state index contributed by atoms with van der Waals surface area (Å²) in [7, 11) is 0. The zero-order valence-corrected chi connectivity index (χ0v) is 22.6. The molecule has 5 heteroatoms. The highest BCUT2D eigenvalue weighted by atomic mass is 16.5. The summed E-state index contributed by atoms with van der Waals surface area (Å²) in [5.74, 6) is 1.37. The molecule has 1 saturated heterocycles. The van der Waals surface area contributed by atoms with Crippen molar-refractivity contribution in [3.8, 4) is 5.75 Å². The van der Waals surface area contributed by atoms with E-state index in [2.05, 4.69) is 17.1 Å². The van der Waals surface area contributed by atoms with Gasteiger partial charge in [-0.2, -0.15) is 0 Å². The van der Waals surface area contributed by atoms with Gasteiger partial charge in [0.1, 0.15) is 5.75 Å². The van der Waals surface area contributed by atoms with Crippen LogP contribution in [0.5, 0.6) is 5.75 Å². The van der Waals surface area contributed by atoms with Gasteiger partial charge in [0.15, 0.2) is 0 Å². The number of hydrogen-bond donors (Lipinski definition) is 1. The fourth-order valence-electron chi connectivity index (χ4n) is 6.24. The van der Waals surface area contributed by atoms with Crippen LogP contribution in [0.1, 0.15) is 91.8 Å². The zero-order chi connectivity index (χ0) is 26.3. The predicted octanol–water partition coefficient (Wildman–Crippen LogP) is 7.85. The molecule has 1 aliphatic heterocycles. The molecule has 3 aromatic rings. The minimum atomic E-state index is -0.176. The Labute approximate surface area is 226 Å². The Kier molecular flexibility index (Phi) is 8.62. The summed E-state index contributed by atoms with van der Waals surface area (Å²) in [4.78, 5) is 29.0. The van der Waals surface area contributed by atoms with Crippen LogP contribution < -0.4 is 10.1 Å². The number of likely N-dealkylation sites (tertiary alicyclic amines) is 1. The Morgan fingerprint density at radius 1 is 0.868 bits per heavy atom. The number of carbonyl (C=O) groups excluding carboxylic acids is 2. The number of fused-ring (bicyclic) bond motifs is 2. The second-order valence-electron chi connectivity index (χ2n) is 10.8. The van der Waals surface area contributed by atoms with Crippen LogP contribution in [0.15, 0.2) is 60.7 Å². The molecule has 0 bridgehead atoms. The first-order valence-electron chi connectivity index (χ1n) is 14.5. The van der Waals surface area contributed by atoms with E-state index in [0.29, 0.717) is 29.8 Å². The molecule has 2 unspecified atom stereocenters. The Bertz CT molecular complexity index is 1250. The predicted molar refractivity (Wildman–Crippen MR) is 154 cm³/mol. The summed E-state index contributed by atoms with van der Waals surface area (Å²) < 4.78 is 5.81. The fourth-order valence-corrected chi connectivity index (χ4v) is 6.24. The van der Waals surface area contributed by atoms with Gasteiger partial charge in [-0.1, -0.05) is 63.3 Å². The van der Waals surface area contributed by atoms with Crippen LogP contribution in [0.2, 0.25) is 0 Å². The van der Waals surface area contributed by atoms with E-state index >= 15 is 0 Å². The van der Waals surface area contributed by atoms with Crippen molar-refractivity contribution in [2.45, 2.75) is 77.2 Å². The maximum absolute atomic E-state index is 13.8. The van der Waals surface area contributed by atoms with Crippen molar-refractivity contribution in [3.63, 3.8) is 0 Å². The minimum Gasteiger partial charge on any atom is -0.494 e.